The van der Waals surface area contributed by atoms with Crippen molar-refractivity contribution in [3.8, 4) is 0 Å². The van der Waals surface area contributed by atoms with E-state index in [0.717, 1.165) is 5.56 Å². The van der Waals surface area contributed by atoms with Crippen LogP contribution in [-0.2, 0) is 16.1 Å². The van der Waals surface area contributed by atoms with Crippen molar-refractivity contribution < 1.29 is 14.6 Å². The van der Waals surface area contributed by atoms with Crippen LogP contribution < -0.4 is 0 Å². The Kier molecular flexibility index (Phi) is 4.85. The van der Waals surface area contributed by atoms with Crippen LogP contribution in [-0.4, -0.2) is 23.7 Å². The maximum Gasteiger partial charge on any atom is 0.317 e. The normalized spacial score (nSPS) is 11.3. The lowest BCUT2D eigenvalue weighted by molar-refractivity contribution is -0.147. The molecule has 1 aromatic rings. The van der Waals surface area contributed by atoms with Crippen molar-refractivity contribution in [3.05, 3.63) is 46.3 Å². The smallest absolute Gasteiger partial charge is 0.317 e. The second-order valence-electron chi connectivity index (χ2n) is 3.00. The van der Waals surface area contributed by atoms with E-state index in [-0.39, 0.29) is 6.61 Å². The standard InChI is InChI=1S/C10H11N3O3/c11-13-12-9(6-14)10(15)16-7-8-4-2-1-3-5-8/h1-5,9,14H,6-7H2/t9-/m0/s1. The zero-order valence-electron chi connectivity index (χ0n) is 8.48. The molecule has 0 radical (unpaired) electrons. The number of hydrogen-bond donors (Lipinski definition) is 1. The Morgan fingerprint density at radius 2 is 2.19 bits per heavy atom. The molecule has 16 heavy (non-hydrogen) atoms. The summed E-state index contributed by atoms with van der Waals surface area (Å²) in [4.78, 5) is 13.7. The van der Waals surface area contributed by atoms with Gasteiger partial charge < -0.3 is 9.84 Å². The van der Waals surface area contributed by atoms with Gasteiger partial charge in [-0.1, -0.05) is 35.4 Å². The van der Waals surface area contributed by atoms with Gasteiger partial charge in [0.2, 0.25) is 0 Å². The highest BCUT2D eigenvalue weighted by molar-refractivity contribution is 5.76. The first-order valence-corrected chi connectivity index (χ1v) is 4.63. The topological polar surface area (TPSA) is 95.3 Å². The summed E-state index contributed by atoms with van der Waals surface area (Å²) in [6.45, 7) is -0.463. The van der Waals surface area contributed by atoms with Crippen LogP contribution in [0.25, 0.3) is 10.4 Å². The summed E-state index contributed by atoms with van der Waals surface area (Å²) >= 11 is 0. The van der Waals surface area contributed by atoms with Crippen molar-refractivity contribution in [3.63, 3.8) is 0 Å². The Morgan fingerprint density at radius 3 is 2.75 bits per heavy atom. The van der Waals surface area contributed by atoms with E-state index in [0.29, 0.717) is 0 Å². The molecule has 0 heterocycles. The van der Waals surface area contributed by atoms with E-state index in [1.807, 2.05) is 18.2 Å². The molecule has 1 N–H and O–H groups in total. The summed E-state index contributed by atoms with van der Waals surface area (Å²) in [5.74, 6) is -0.732. The summed E-state index contributed by atoms with van der Waals surface area (Å²) in [6, 6.07) is 7.92. The van der Waals surface area contributed by atoms with Gasteiger partial charge in [0.15, 0.2) is 6.04 Å². The molecule has 0 unspecified atom stereocenters. The first-order valence-electron chi connectivity index (χ1n) is 4.63. The summed E-state index contributed by atoms with van der Waals surface area (Å²) in [6.07, 6.45) is 0. The number of carbonyl (C=O) groups excluding carboxylic acids is 1. The van der Waals surface area contributed by atoms with Crippen LogP contribution in [0.2, 0.25) is 0 Å². The lowest BCUT2D eigenvalue weighted by Gasteiger charge is -2.08. The molecule has 6 heteroatoms. The van der Waals surface area contributed by atoms with Crippen LogP contribution in [0.1, 0.15) is 5.56 Å². The molecule has 0 spiro atoms. The molecule has 0 aliphatic carbocycles. The zero-order chi connectivity index (χ0) is 11.8. The number of carbonyl (C=O) groups is 1. The van der Waals surface area contributed by atoms with Crippen LogP contribution in [0.5, 0.6) is 0 Å². The van der Waals surface area contributed by atoms with Crippen molar-refractivity contribution in [1.82, 2.24) is 0 Å². The van der Waals surface area contributed by atoms with Gasteiger partial charge >= 0.3 is 5.97 Å². The molecule has 84 valence electrons. The fraction of sp³-hybridized carbons (Fsp3) is 0.300. The van der Waals surface area contributed by atoms with E-state index >= 15 is 0 Å². The quantitative estimate of drug-likeness (QED) is 0.352. The zero-order valence-corrected chi connectivity index (χ0v) is 8.48. The third-order valence-corrected chi connectivity index (χ3v) is 1.86. The molecular weight excluding hydrogens is 210 g/mol. The minimum Gasteiger partial charge on any atom is -0.460 e. The number of esters is 1. The van der Waals surface area contributed by atoms with E-state index in [4.69, 9.17) is 15.4 Å². The average molecular weight is 221 g/mol. The van der Waals surface area contributed by atoms with Crippen LogP contribution in [0.4, 0.5) is 0 Å². The predicted molar refractivity (Wildman–Crippen MR) is 56.3 cm³/mol. The number of ether oxygens (including phenoxy) is 1. The van der Waals surface area contributed by atoms with Gasteiger partial charge in [0.25, 0.3) is 0 Å². The fourth-order valence-corrected chi connectivity index (χ4v) is 1.05. The summed E-state index contributed by atoms with van der Waals surface area (Å²) < 4.78 is 4.87. The molecule has 1 atom stereocenters. The van der Waals surface area contributed by atoms with E-state index in [2.05, 4.69) is 10.0 Å². The van der Waals surface area contributed by atoms with Gasteiger partial charge in [0, 0.05) is 4.91 Å². The minimum atomic E-state index is -1.17. The number of nitrogens with zero attached hydrogens (tertiary/aromatic N) is 3. The molecule has 1 aromatic carbocycles. The van der Waals surface area contributed by atoms with E-state index in [1.54, 1.807) is 12.1 Å². The molecule has 0 aliphatic heterocycles. The third kappa shape index (κ3) is 3.61. The van der Waals surface area contributed by atoms with E-state index in [9.17, 15) is 4.79 Å². The number of benzene rings is 1. The Labute approximate surface area is 92.1 Å². The fourth-order valence-electron chi connectivity index (χ4n) is 1.05. The molecule has 6 nitrogen and oxygen atoms in total. The van der Waals surface area contributed by atoms with Crippen molar-refractivity contribution in [2.75, 3.05) is 6.61 Å². The first-order chi connectivity index (χ1) is 7.77. The largest absolute Gasteiger partial charge is 0.460 e. The Hall–Kier alpha value is -2.04. The molecule has 0 saturated carbocycles. The number of rotatable bonds is 5. The molecule has 0 amide bonds. The number of hydrogen-bond acceptors (Lipinski definition) is 4. The van der Waals surface area contributed by atoms with Gasteiger partial charge in [-0.3, -0.25) is 4.79 Å². The van der Waals surface area contributed by atoms with Crippen LogP contribution in [0.15, 0.2) is 35.4 Å². The van der Waals surface area contributed by atoms with Gasteiger partial charge in [-0.25, -0.2) is 0 Å². The molecule has 0 bridgehead atoms. The molecular formula is C10H11N3O3. The summed E-state index contributed by atoms with van der Waals surface area (Å²) in [5, 5.41) is 11.9. The van der Waals surface area contributed by atoms with Gasteiger partial charge in [0.05, 0.1) is 6.61 Å². The van der Waals surface area contributed by atoms with E-state index in [1.165, 1.54) is 0 Å². The van der Waals surface area contributed by atoms with Crippen molar-refractivity contribution >= 4 is 5.97 Å². The Bertz CT molecular complexity index is 388. The second-order valence-corrected chi connectivity index (χ2v) is 3.00. The number of aliphatic hydroxyl groups is 1. The predicted octanol–water partition coefficient (Wildman–Crippen LogP) is 1.40. The first kappa shape index (κ1) is 12.0. The van der Waals surface area contributed by atoms with Crippen molar-refractivity contribution in [2.45, 2.75) is 12.6 Å². The highest BCUT2D eigenvalue weighted by Crippen LogP contribution is 2.03. The van der Waals surface area contributed by atoms with Gasteiger partial charge in [-0.05, 0) is 11.1 Å². The molecule has 0 aromatic heterocycles. The SMILES string of the molecule is [N-]=[N+]=N[C@@H](CO)C(=O)OCc1ccccc1. The Balaban J connectivity index is 2.49. The van der Waals surface area contributed by atoms with Crippen LogP contribution in [0.3, 0.4) is 0 Å². The van der Waals surface area contributed by atoms with Gasteiger partial charge in [0.1, 0.15) is 6.61 Å². The molecule has 0 aliphatic rings. The van der Waals surface area contributed by atoms with Crippen LogP contribution in [0, 0.1) is 0 Å². The Morgan fingerprint density at radius 1 is 1.50 bits per heavy atom. The van der Waals surface area contributed by atoms with Crippen LogP contribution >= 0.6 is 0 Å². The molecule has 1 rings (SSSR count). The van der Waals surface area contributed by atoms with Crippen molar-refractivity contribution in [2.24, 2.45) is 5.11 Å². The minimum absolute atomic E-state index is 0.0944. The summed E-state index contributed by atoms with van der Waals surface area (Å²) in [7, 11) is 0. The highest BCUT2D eigenvalue weighted by Gasteiger charge is 2.16. The third-order valence-electron chi connectivity index (χ3n) is 1.86. The number of azide groups is 1. The summed E-state index contributed by atoms with van der Waals surface area (Å²) in [5.41, 5.74) is 8.97. The van der Waals surface area contributed by atoms with Gasteiger partial charge in [-0.15, -0.1) is 0 Å². The number of aliphatic hydroxyl groups excluding tert-OH is 1. The monoisotopic (exact) mass is 221 g/mol. The van der Waals surface area contributed by atoms with Gasteiger partial charge in [-0.2, -0.15) is 0 Å². The van der Waals surface area contributed by atoms with E-state index < -0.39 is 18.6 Å². The average Bonchev–Trinajstić information content (AvgIpc) is 2.34. The van der Waals surface area contributed by atoms with Crippen molar-refractivity contribution in [1.29, 1.82) is 0 Å². The second kappa shape index (κ2) is 6.44. The maximum atomic E-state index is 11.3. The molecule has 0 fully saturated rings. The lowest BCUT2D eigenvalue weighted by atomic mass is 10.2. The molecule has 0 saturated heterocycles. The maximum absolute atomic E-state index is 11.3. The lowest BCUT2D eigenvalue weighted by Crippen LogP contribution is -2.24. The highest BCUT2D eigenvalue weighted by atomic mass is 16.5.